The summed E-state index contributed by atoms with van der Waals surface area (Å²) in [5.41, 5.74) is 7.86. The summed E-state index contributed by atoms with van der Waals surface area (Å²) in [6, 6.07) is 9.30. The molecule has 0 fully saturated rings. The van der Waals surface area contributed by atoms with Crippen LogP contribution in [0.15, 0.2) is 82.3 Å². The number of allylic oxidation sites excluding steroid dienone is 5. The quantitative estimate of drug-likeness (QED) is 0.461. The molecule has 166 valence electrons. The van der Waals surface area contributed by atoms with Crippen LogP contribution in [0.1, 0.15) is 31.9 Å². The fourth-order valence-electron chi connectivity index (χ4n) is 3.42. The summed E-state index contributed by atoms with van der Waals surface area (Å²) in [6.07, 6.45) is 1.99. The molecule has 0 bridgehead atoms. The van der Waals surface area contributed by atoms with Gasteiger partial charge in [-0.1, -0.05) is 43.0 Å². The Balaban J connectivity index is 2.31. The van der Waals surface area contributed by atoms with E-state index in [0.29, 0.717) is 42.9 Å². The van der Waals surface area contributed by atoms with Gasteiger partial charge in [0.15, 0.2) is 0 Å². The van der Waals surface area contributed by atoms with E-state index in [1.54, 1.807) is 0 Å². The van der Waals surface area contributed by atoms with E-state index < -0.39 is 24.0 Å². The normalized spacial score (nSPS) is 18.4. The first-order valence-corrected chi connectivity index (χ1v) is 10.1. The van der Waals surface area contributed by atoms with Crippen molar-refractivity contribution in [2.24, 2.45) is 10.7 Å². The highest BCUT2D eigenvalue weighted by atomic mass is 19.1. The third kappa shape index (κ3) is 7.38. The Morgan fingerprint density at radius 2 is 2.03 bits per heavy atom. The number of aliphatic hydroxyl groups is 1. The van der Waals surface area contributed by atoms with Gasteiger partial charge in [-0.2, -0.15) is 0 Å². The predicted octanol–water partition coefficient (Wildman–Crippen LogP) is 3.95. The second-order valence-corrected chi connectivity index (χ2v) is 7.47. The topological polar surface area (TPSA) is 78.9 Å². The van der Waals surface area contributed by atoms with Gasteiger partial charge in [0.05, 0.1) is 23.8 Å². The summed E-state index contributed by atoms with van der Waals surface area (Å²) in [6.45, 7) is 7.92. The van der Waals surface area contributed by atoms with Gasteiger partial charge in [-0.15, -0.1) is 0 Å². The van der Waals surface area contributed by atoms with Gasteiger partial charge in [-0.3, -0.25) is 14.7 Å². The van der Waals surface area contributed by atoms with Gasteiger partial charge in [0, 0.05) is 19.6 Å². The lowest BCUT2D eigenvalue weighted by Gasteiger charge is -2.32. The number of aliphatic hydroxyl groups excluding tert-OH is 1. The average Bonchev–Trinajstić information content (AvgIpc) is 2.72. The number of rotatable bonds is 9. The molecular formula is C24H29F2N3O2. The van der Waals surface area contributed by atoms with Crippen LogP contribution >= 0.6 is 0 Å². The van der Waals surface area contributed by atoms with E-state index in [9.17, 15) is 18.7 Å². The lowest BCUT2D eigenvalue weighted by molar-refractivity contribution is -0.111. The van der Waals surface area contributed by atoms with Crippen molar-refractivity contribution in [3.63, 3.8) is 0 Å². The molecule has 3 N–H and O–H groups in total. The number of β-amino-alcohol motifs (C(OH)–C–C–N with tert-alkyl or cyclic N) is 1. The highest BCUT2D eigenvalue weighted by Crippen LogP contribution is 2.32. The fourth-order valence-corrected chi connectivity index (χ4v) is 3.42. The number of primary amides is 1. The smallest absolute Gasteiger partial charge is 0.259 e. The molecule has 2 rings (SSSR count). The van der Waals surface area contributed by atoms with Crippen LogP contribution in [0.25, 0.3) is 0 Å². The van der Waals surface area contributed by atoms with Crippen LogP contribution in [-0.4, -0.2) is 47.9 Å². The number of benzene rings is 1. The zero-order valence-electron chi connectivity index (χ0n) is 17.9. The van der Waals surface area contributed by atoms with Gasteiger partial charge in [-0.05, 0) is 48.6 Å². The molecule has 31 heavy (non-hydrogen) atoms. The van der Waals surface area contributed by atoms with E-state index >= 15 is 0 Å². The summed E-state index contributed by atoms with van der Waals surface area (Å²) >= 11 is 0. The van der Waals surface area contributed by atoms with Crippen molar-refractivity contribution in [2.45, 2.75) is 32.5 Å². The maximum absolute atomic E-state index is 14.2. The SMILES string of the molecule is C=C(C1=C(/N=C/C(N)=O)CN(CC(O)c2ccccc2)CC1)/C(=C/C=C(\C)F)C(C)F. The molecule has 0 spiro atoms. The number of aliphatic imine (C=N–C) groups is 1. The molecule has 0 saturated heterocycles. The Labute approximate surface area is 182 Å². The van der Waals surface area contributed by atoms with E-state index in [1.165, 1.54) is 26.0 Å². The lowest BCUT2D eigenvalue weighted by atomic mass is 9.90. The van der Waals surface area contributed by atoms with Crippen molar-refractivity contribution in [3.8, 4) is 0 Å². The van der Waals surface area contributed by atoms with Gasteiger partial charge in [0.25, 0.3) is 5.91 Å². The van der Waals surface area contributed by atoms with Crippen molar-refractivity contribution >= 4 is 12.1 Å². The third-order valence-electron chi connectivity index (χ3n) is 5.00. The highest BCUT2D eigenvalue weighted by molar-refractivity contribution is 6.25. The maximum Gasteiger partial charge on any atom is 0.259 e. The number of carbonyl (C=O) groups excluding carboxylic acids is 1. The van der Waals surface area contributed by atoms with Crippen LogP contribution in [0.5, 0.6) is 0 Å². The second-order valence-electron chi connectivity index (χ2n) is 7.47. The van der Waals surface area contributed by atoms with Gasteiger partial charge in [0.2, 0.25) is 0 Å². The van der Waals surface area contributed by atoms with Crippen LogP contribution < -0.4 is 5.73 Å². The van der Waals surface area contributed by atoms with Crippen LogP contribution in [0, 0.1) is 0 Å². The molecule has 2 atom stereocenters. The summed E-state index contributed by atoms with van der Waals surface area (Å²) < 4.78 is 27.4. The molecule has 0 aliphatic carbocycles. The van der Waals surface area contributed by atoms with E-state index in [1.807, 2.05) is 35.2 Å². The molecule has 1 aromatic carbocycles. The van der Waals surface area contributed by atoms with Crippen molar-refractivity contribution < 1.29 is 18.7 Å². The first-order valence-electron chi connectivity index (χ1n) is 10.1. The monoisotopic (exact) mass is 429 g/mol. The van der Waals surface area contributed by atoms with Gasteiger partial charge < -0.3 is 10.8 Å². The molecule has 0 aromatic heterocycles. The van der Waals surface area contributed by atoms with Gasteiger partial charge >= 0.3 is 0 Å². The van der Waals surface area contributed by atoms with Crippen molar-refractivity contribution in [1.29, 1.82) is 0 Å². The number of hydrogen-bond donors (Lipinski definition) is 2. The molecular weight excluding hydrogens is 400 g/mol. The summed E-state index contributed by atoms with van der Waals surface area (Å²) in [7, 11) is 0. The summed E-state index contributed by atoms with van der Waals surface area (Å²) in [5, 5.41) is 10.5. The molecule has 1 aliphatic rings. The summed E-state index contributed by atoms with van der Waals surface area (Å²) in [4.78, 5) is 17.4. The summed E-state index contributed by atoms with van der Waals surface area (Å²) in [5.74, 6) is -1.15. The second kappa shape index (κ2) is 11.5. The van der Waals surface area contributed by atoms with Crippen molar-refractivity contribution in [3.05, 3.63) is 82.9 Å². The zero-order valence-corrected chi connectivity index (χ0v) is 17.9. The highest BCUT2D eigenvalue weighted by Gasteiger charge is 2.25. The lowest BCUT2D eigenvalue weighted by Crippen LogP contribution is -2.35. The number of amides is 1. The van der Waals surface area contributed by atoms with Crippen LogP contribution in [-0.2, 0) is 4.79 Å². The number of carbonyl (C=O) groups is 1. The molecule has 7 heteroatoms. The number of nitrogens with two attached hydrogens (primary N) is 1. The van der Waals surface area contributed by atoms with Crippen molar-refractivity contribution in [1.82, 2.24) is 4.90 Å². The molecule has 1 amide bonds. The van der Waals surface area contributed by atoms with Crippen molar-refractivity contribution in [2.75, 3.05) is 19.6 Å². The largest absolute Gasteiger partial charge is 0.387 e. The van der Waals surface area contributed by atoms with Crippen LogP contribution in [0.2, 0.25) is 0 Å². The van der Waals surface area contributed by atoms with E-state index in [4.69, 9.17) is 5.73 Å². The van der Waals surface area contributed by atoms with Gasteiger partial charge in [-0.25, -0.2) is 8.78 Å². The van der Waals surface area contributed by atoms with E-state index in [2.05, 4.69) is 11.6 Å². The number of hydrogen-bond acceptors (Lipinski definition) is 4. The molecule has 0 saturated carbocycles. The first-order chi connectivity index (χ1) is 14.7. The van der Waals surface area contributed by atoms with Crippen LogP contribution in [0.3, 0.4) is 0 Å². The minimum Gasteiger partial charge on any atom is -0.387 e. The molecule has 0 radical (unpaired) electrons. The minimum atomic E-state index is -1.37. The Hall–Kier alpha value is -2.90. The molecule has 2 unspecified atom stereocenters. The minimum absolute atomic E-state index is 0.247. The Morgan fingerprint density at radius 1 is 1.35 bits per heavy atom. The molecule has 1 aliphatic heterocycles. The molecule has 5 nitrogen and oxygen atoms in total. The molecule has 1 aromatic rings. The predicted molar refractivity (Wildman–Crippen MR) is 120 cm³/mol. The molecule has 1 heterocycles. The Kier molecular flexibility index (Phi) is 9.03. The standard InChI is InChI=1S/C24H29F2N3O2/c1-16(25)9-10-20(18(3)26)17(2)21-11-12-29(14-22(21)28-13-24(27)31)15-23(30)19-7-5-4-6-8-19/h4-10,13,18,23,30H,2,11-12,14-15H2,1,3H3,(H2,27,31)/b16-9+,20-10-,28-13+. The first kappa shape index (κ1) is 24.4. The number of nitrogens with zero attached hydrogens (tertiary/aromatic N) is 2. The van der Waals surface area contributed by atoms with E-state index in [0.717, 1.165) is 11.8 Å². The maximum atomic E-state index is 14.2. The zero-order chi connectivity index (χ0) is 23.0. The van der Waals surface area contributed by atoms with Gasteiger partial charge in [0.1, 0.15) is 6.17 Å². The third-order valence-corrected chi connectivity index (χ3v) is 5.00. The Morgan fingerprint density at radius 3 is 2.61 bits per heavy atom. The fraction of sp³-hybridized carbons (Fsp3) is 0.333. The number of alkyl halides is 1. The van der Waals surface area contributed by atoms with E-state index in [-0.39, 0.29) is 5.57 Å². The van der Waals surface area contributed by atoms with Crippen LogP contribution in [0.4, 0.5) is 8.78 Å². The Bertz CT molecular complexity index is 914. The number of halogens is 2. The average molecular weight is 430 g/mol.